The first-order valence-corrected chi connectivity index (χ1v) is 12.1. The molecule has 190 valence electrons. The predicted octanol–water partition coefficient (Wildman–Crippen LogP) is 5.38. The van der Waals surface area contributed by atoms with Crippen LogP contribution in [0.5, 0.6) is 5.75 Å². The van der Waals surface area contributed by atoms with Gasteiger partial charge in [-0.2, -0.15) is 0 Å². The van der Waals surface area contributed by atoms with E-state index in [0.717, 1.165) is 16.7 Å². The molecular weight excluding hydrogens is 455 g/mol. The van der Waals surface area contributed by atoms with Crippen molar-refractivity contribution < 1.29 is 18.7 Å². The highest BCUT2D eigenvalue weighted by Crippen LogP contribution is 2.21. The number of hydrogen-bond acceptors (Lipinski definition) is 3. The van der Waals surface area contributed by atoms with Gasteiger partial charge < -0.3 is 15.0 Å². The molecule has 0 bridgehead atoms. The molecule has 0 radical (unpaired) electrons. The van der Waals surface area contributed by atoms with E-state index in [-0.39, 0.29) is 25.5 Å². The number of ether oxygens (including phenoxy) is 1. The Morgan fingerprint density at radius 1 is 0.972 bits per heavy atom. The Morgan fingerprint density at radius 3 is 2.28 bits per heavy atom. The average Bonchev–Trinajstić information content (AvgIpc) is 2.81. The normalized spacial score (nSPS) is 12.1. The molecule has 0 aliphatic carbocycles. The van der Waals surface area contributed by atoms with Gasteiger partial charge in [0.05, 0.1) is 0 Å². The van der Waals surface area contributed by atoms with Crippen molar-refractivity contribution >= 4 is 11.8 Å². The molecule has 1 atom stereocenters. The summed E-state index contributed by atoms with van der Waals surface area (Å²) in [5.74, 6) is -0.537. The fourth-order valence-corrected chi connectivity index (χ4v) is 4.00. The second-order valence-electron chi connectivity index (χ2n) is 10.1. The molecule has 36 heavy (non-hydrogen) atoms. The maximum Gasteiger partial charge on any atom is 0.261 e. The Hall–Kier alpha value is -3.67. The highest BCUT2D eigenvalue weighted by Gasteiger charge is 2.33. The van der Waals surface area contributed by atoms with Crippen LogP contribution >= 0.6 is 0 Å². The van der Waals surface area contributed by atoms with E-state index < -0.39 is 23.3 Å². The zero-order chi connectivity index (χ0) is 26.3. The number of carbonyl (C=O) groups excluding carboxylic acids is 2. The Kier molecular flexibility index (Phi) is 8.86. The molecule has 0 aliphatic rings. The highest BCUT2D eigenvalue weighted by molar-refractivity contribution is 5.89. The Morgan fingerprint density at radius 2 is 1.64 bits per heavy atom. The summed E-state index contributed by atoms with van der Waals surface area (Å²) in [6.07, 6.45) is 0.284. The second kappa shape index (κ2) is 11.8. The zero-order valence-electron chi connectivity index (χ0n) is 21.7. The number of carbonyl (C=O) groups is 2. The van der Waals surface area contributed by atoms with Crippen molar-refractivity contribution in [2.24, 2.45) is 0 Å². The molecule has 3 rings (SSSR count). The summed E-state index contributed by atoms with van der Waals surface area (Å²) in [5.41, 5.74) is 2.73. The second-order valence-corrected chi connectivity index (χ2v) is 10.1. The van der Waals surface area contributed by atoms with Gasteiger partial charge in [-0.15, -0.1) is 0 Å². The molecular formula is C30H35FN2O3. The van der Waals surface area contributed by atoms with E-state index in [1.165, 1.54) is 11.0 Å². The van der Waals surface area contributed by atoms with Gasteiger partial charge in [-0.05, 0) is 57.9 Å². The van der Waals surface area contributed by atoms with Crippen molar-refractivity contribution in [3.8, 4) is 5.75 Å². The Bertz CT molecular complexity index is 1190. The van der Waals surface area contributed by atoms with Crippen molar-refractivity contribution in [1.29, 1.82) is 0 Å². The van der Waals surface area contributed by atoms with Gasteiger partial charge in [-0.1, -0.05) is 66.2 Å². The zero-order valence-corrected chi connectivity index (χ0v) is 21.7. The molecule has 0 saturated carbocycles. The molecule has 5 nitrogen and oxygen atoms in total. The molecule has 1 N–H and O–H groups in total. The first-order chi connectivity index (χ1) is 17.0. The minimum atomic E-state index is -0.860. The molecule has 6 heteroatoms. The molecule has 3 aromatic rings. The van der Waals surface area contributed by atoms with Crippen LogP contribution in [0.4, 0.5) is 4.39 Å². The smallest absolute Gasteiger partial charge is 0.261 e. The Balaban J connectivity index is 1.95. The number of nitrogens with one attached hydrogen (secondary N) is 1. The van der Waals surface area contributed by atoms with E-state index in [4.69, 9.17) is 4.74 Å². The molecule has 0 fully saturated rings. The van der Waals surface area contributed by atoms with Crippen LogP contribution in [-0.2, 0) is 22.6 Å². The van der Waals surface area contributed by atoms with Crippen LogP contribution in [-0.4, -0.2) is 34.9 Å². The number of nitrogens with zero attached hydrogens (tertiary/aromatic N) is 1. The van der Waals surface area contributed by atoms with Crippen LogP contribution in [0, 0.1) is 19.7 Å². The number of benzene rings is 3. The molecule has 0 spiro atoms. The molecule has 3 aromatic carbocycles. The Labute approximate surface area is 213 Å². The van der Waals surface area contributed by atoms with E-state index in [1.54, 1.807) is 18.2 Å². The van der Waals surface area contributed by atoms with E-state index in [0.29, 0.717) is 11.3 Å². The SMILES string of the molecule is Cc1ccc(OCC(=O)N(Cc2ccccc2F)C(Cc2ccccc2)C(=O)NC(C)(C)C)c(C)c1. The fourth-order valence-electron chi connectivity index (χ4n) is 4.00. The van der Waals surface area contributed by atoms with Gasteiger partial charge in [0, 0.05) is 24.1 Å². The lowest BCUT2D eigenvalue weighted by molar-refractivity contribution is -0.143. The predicted molar refractivity (Wildman–Crippen MR) is 140 cm³/mol. The van der Waals surface area contributed by atoms with Gasteiger partial charge in [-0.25, -0.2) is 4.39 Å². The van der Waals surface area contributed by atoms with Crippen LogP contribution in [0.2, 0.25) is 0 Å². The molecule has 1 unspecified atom stereocenters. The average molecular weight is 491 g/mol. The van der Waals surface area contributed by atoms with Crippen LogP contribution in [0.3, 0.4) is 0 Å². The van der Waals surface area contributed by atoms with Gasteiger partial charge in [0.1, 0.15) is 17.6 Å². The lowest BCUT2D eigenvalue weighted by Crippen LogP contribution is -2.55. The molecule has 0 aromatic heterocycles. The summed E-state index contributed by atoms with van der Waals surface area (Å²) in [5, 5.41) is 3.00. The lowest BCUT2D eigenvalue weighted by atomic mass is 10.0. The van der Waals surface area contributed by atoms with Crippen LogP contribution in [0.15, 0.2) is 72.8 Å². The number of halogens is 1. The minimum Gasteiger partial charge on any atom is -0.483 e. The summed E-state index contributed by atoms with van der Waals surface area (Å²) in [7, 11) is 0. The largest absolute Gasteiger partial charge is 0.483 e. The summed E-state index contributed by atoms with van der Waals surface area (Å²) >= 11 is 0. The van der Waals surface area contributed by atoms with Crippen molar-refractivity contribution in [3.05, 3.63) is 101 Å². The highest BCUT2D eigenvalue weighted by atomic mass is 19.1. The third kappa shape index (κ3) is 7.67. The van der Waals surface area contributed by atoms with E-state index in [1.807, 2.05) is 83.1 Å². The number of amides is 2. The van der Waals surface area contributed by atoms with Gasteiger partial charge in [0.15, 0.2) is 6.61 Å². The van der Waals surface area contributed by atoms with Crippen molar-refractivity contribution in [2.75, 3.05) is 6.61 Å². The topological polar surface area (TPSA) is 58.6 Å². The number of hydrogen-bond donors (Lipinski definition) is 1. The standard InChI is InChI=1S/C30H35FN2O3/c1-21-15-16-27(22(2)17-21)36-20-28(34)33(19-24-13-9-10-14-25(24)31)26(29(35)32-30(3,4)5)18-23-11-7-6-8-12-23/h6-17,26H,18-20H2,1-5H3,(H,32,35). The fraction of sp³-hybridized carbons (Fsp3) is 0.333. The molecule has 0 heterocycles. The van der Waals surface area contributed by atoms with Crippen LogP contribution in [0.1, 0.15) is 43.0 Å². The lowest BCUT2D eigenvalue weighted by Gasteiger charge is -2.34. The first kappa shape index (κ1) is 26.9. The summed E-state index contributed by atoms with van der Waals surface area (Å²) in [6, 6.07) is 20.7. The molecule has 2 amide bonds. The van der Waals surface area contributed by atoms with Gasteiger partial charge in [0.25, 0.3) is 5.91 Å². The number of rotatable bonds is 9. The summed E-state index contributed by atoms with van der Waals surface area (Å²) in [6.45, 7) is 9.23. The van der Waals surface area contributed by atoms with E-state index in [9.17, 15) is 14.0 Å². The van der Waals surface area contributed by atoms with Gasteiger partial charge in [-0.3, -0.25) is 9.59 Å². The molecule has 0 aliphatic heterocycles. The maximum atomic E-state index is 14.6. The van der Waals surface area contributed by atoms with E-state index in [2.05, 4.69) is 5.32 Å². The minimum absolute atomic E-state index is 0.0587. The quantitative estimate of drug-likeness (QED) is 0.438. The monoisotopic (exact) mass is 490 g/mol. The maximum absolute atomic E-state index is 14.6. The van der Waals surface area contributed by atoms with Crippen molar-refractivity contribution in [1.82, 2.24) is 10.2 Å². The van der Waals surface area contributed by atoms with Crippen molar-refractivity contribution in [3.63, 3.8) is 0 Å². The van der Waals surface area contributed by atoms with Crippen molar-refractivity contribution in [2.45, 2.75) is 59.2 Å². The van der Waals surface area contributed by atoms with Crippen LogP contribution in [0.25, 0.3) is 0 Å². The van der Waals surface area contributed by atoms with Gasteiger partial charge >= 0.3 is 0 Å². The van der Waals surface area contributed by atoms with E-state index >= 15 is 0 Å². The summed E-state index contributed by atoms with van der Waals surface area (Å²) in [4.78, 5) is 28.5. The number of aryl methyl sites for hydroxylation is 2. The summed E-state index contributed by atoms with van der Waals surface area (Å²) < 4.78 is 20.5. The molecule has 0 saturated heterocycles. The third-order valence-electron chi connectivity index (χ3n) is 5.75. The van der Waals surface area contributed by atoms with Crippen LogP contribution < -0.4 is 10.1 Å². The van der Waals surface area contributed by atoms with Gasteiger partial charge in [0.2, 0.25) is 5.91 Å². The third-order valence-corrected chi connectivity index (χ3v) is 5.75. The first-order valence-electron chi connectivity index (χ1n) is 12.1.